The van der Waals surface area contributed by atoms with Crippen LogP contribution in [-0.2, 0) is 0 Å². The summed E-state index contributed by atoms with van der Waals surface area (Å²) >= 11 is 0. The number of aromatic nitrogens is 1. The Kier molecular flexibility index (Phi) is 2.99. The molecule has 1 heterocycles. The fraction of sp³-hybridized carbons (Fsp3) is 0.0625. The number of rotatable bonds is 2. The van der Waals surface area contributed by atoms with Crippen molar-refractivity contribution < 1.29 is 8.91 Å². The first-order chi connectivity index (χ1) is 9.65. The minimum absolute atomic E-state index is 0.231. The average molecular weight is 268 g/mol. The van der Waals surface area contributed by atoms with Crippen molar-refractivity contribution in [1.29, 1.82) is 0 Å². The number of aryl methyl sites for hydroxylation is 1. The summed E-state index contributed by atoms with van der Waals surface area (Å²) in [6.07, 6.45) is 0. The van der Waals surface area contributed by atoms with E-state index in [1.807, 2.05) is 31.2 Å². The van der Waals surface area contributed by atoms with Crippen LogP contribution in [0.2, 0.25) is 0 Å². The third-order valence-electron chi connectivity index (χ3n) is 3.12. The second kappa shape index (κ2) is 4.81. The molecule has 0 aliphatic carbocycles. The maximum Gasteiger partial charge on any atom is 0.230 e. The molecule has 0 aliphatic rings. The van der Waals surface area contributed by atoms with E-state index in [4.69, 9.17) is 10.3 Å². The Hall–Kier alpha value is -2.62. The Labute approximate surface area is 115 Å². The summed E-state index contributed by atoms with van der Waals surface area (Å²) < 4.78 is 18.5. The largest absolute Gasteiger partial charge is 0.367 e. The van der Waals surface area contributed by atoms with Crippen LogP contribution in [0.25, 0.3) is 22.4 Å². The summed E-state index contributed by atoms with van der Waals surface area (Å²) in [7, 11) is 0. The smallest absolute Gasteiger partial charge is 0.230 e. The molecule has 0 unspecified atom stereocenters. The fourth-order valence-corrected chi connectivity index (χ4v) is 2.22. The van der Waals surface area contributed by atoms with Crippen molar-refractivity contribution >= 4 is 5.88 Å². The predicted molar refractivity (Wildman–Crippen MR) is 76.5 cm³/mol. The van der Waals surface area contributed by atoms with Gasteiger partial charge in [0.05, 0.1) is 5.56 Å². The van der Waals surface area contributed by atoms with E-state index < -0.39 is 0 Å². The lowest BCUT2D eigenvalue weighted by atomic mass is 9.99. The summed E-state index contributed by atoms with van der Waals surface area (Å²) in [4.78, 5) is 0. The quantitative estimate of drug-likeness (QED) is 0.763. The Morgan fingerprint density at radius 2 is 1.80 bits per heavy atom. The van der Waals surface area contributed by atoms with Gasteiger partial charge in [-0.15, -0.1) is 0 Å². The molecule has 0 aliphatic heterocycles. The van der Waals surface area contributed by atoms with E-state index in [1.54, 1.807) is 12.1 Å². The van der Waals surface area contributed by atoms with Gasteiger partial charge in [-0.25, -0.2) is 4.39 Å². The zero-order valence-electron chi connectivity index (χ0n) is 10.9. The van der Waals surface area contributed by atoms with Crippen LogP contribution in [-0.4, -0.2) is 5.16 Å². The molecular formula is C16H13FN2O. The highest BCUT2D eigenvalue weighted by Crippen LogP contribution is 2.36. The first kappa shape index (κ1) is 12.4. The van der Waals surface area contributed by atoms with Crippen LogP contribution >= 0.6 is 0 Å². The molecule has 20 heavy (non-hydrogen) atoms. The first-order valence-electron chi connectivity index (χ1n) is 6.23. The molecule has 3 aromatic rings. The predicted octanol–water partition coefficient (Wildman–Crippen LogP) is 4.04. The molecule has 3 nitrogen and oxygen atoms in total. The zero-order chi connectivity index (χ0) is 14.1. The maximum atomic E-state index is 13.4. The Balaban J connectivity index is 2.20. The molecule has 0 bridgehead atoms. The molecule has 0 amide bonds. The van der Waals surface area contributed by atoms with Gasteiger partial charge < -0.3 is 10.3 Å². The number of nitrogens with zero attached hydrogens (tertiary/aromatic N) is 1. The molecule has 2 N–H and O–H groups in total. The van der Waals surface area contributed by atoms with Gasteiger partial charge in [-0.1, -0.05) is 47.1 Å². The standard InChI is InChI=1S/C16H13FN2O/c1-10-4-2-5-11(8-10)14-15(19-20-16(14)18)12-6-3-7-13(17)9-12/h2-9H,18H2,1H3. The van der Waals surface area contributed by atoms with Crippen LogP contribution in [0, 0.1) is 12.7 Å². The van der Waals surface area contributed by atoms with E-state index in [2.05, 4.69) is 5.16 Å². The van der Waals surface area contributed by atoms with Crippen LogP contribution in [0.1, 0.15) is 5.56 Å². The SMILES string of the molecule is Cc1cccc(-c2c(-c3cccc(F)c3)noc2N)c1. The Morgan fingerprint density at radius 1 is 1.05 bits per heavy atom. The second-order valence-corrected chi connectivity index (χ2v) is 4.65. The number of anilines is 1. The fourth-order valence-electron chi connectivity index (χ4n) is 2.22. The Morgan fingerprint density at radius 3 is 2.55 bits per heavy atom. The minimum atomic E-state index is -0.320. The molecule has 100 valence electrons. The van der Waals surface area contributed by atoms with Gasteiger partial charge in [-0.3, -0.25) is 0 Å². The summed E-state index contributed by atoms with van der Waals surface area (Å²) in [5.74, 6) is -0.0888. The zero-order valence-corrected chi connectivity index (χ0v) is 10.9. The van der Waals surface area contributed by atoms with Crippen molar-refractivity contribution in [3.05, 3.63) is 59.9 Å². The van der Waals surface area contributed by atoms with Crippen LogP contribution < -0.4 is 5.73 Å². The van der Waals surface area contributed by atoms with Gasteiger partial charge in [-0.05, 0) is 24.6 Å². The number of nitrogen functional groups attached to an aromatic ring is 1. The highest BCUT2D eigenvalue weighted by molar-refractivity contribution is 5.86. The topological polar surface area (TPSA) is 52.0 Å². The number of nitrogens with two attached hydrogens (primary N) is 1. The van der Waals surface area contributed by atoms with Crippen molar-refractivity contribution in [2.45, 2.75) is 6.92 Å². The molecule has 0 spiro atoms. The number of benzene rings is 2. The van der Waals surface area contributed by atoms with Crippen LogP contribution in [0.15, 0.2) is 53.1 Å². The lowest BCUT2D eigenvalue weighted by Crippen LogP contribution is -1.88. The van der Waals surface area contributed by atoms with Gasteiger partial charge in [0.1, 0.15) is 11.5 Å². The summed E-state index contributed by atoms with van der Waals surface area (Å²) in [6, 6.07) is 14.1. The van der Waals surface area contributed by atoms with E-state index in [1.165, 1.54) is 12.1 Å². The van der Waals surface area contributed by atoms with E-state index in [9.17, 15) is 4.39 Å². The first-order valence-corrected chi connectivity index (χ1v) is 6.23. The van der Waals surface area contributed by atoms with Gasteiger partial charge >= 0.3 is 0 Å². The lowest BCUT2D eigenvalue weighted by Gasteiger charge is -2.04. The number of hydrogen-bond acceptors (Lipinski definition) is 3. The molecule has 1 aromatic heterocycles. The van der Waals surface area contributed by atoms with Gasteiger partial charge in [0.25, 0.3) is 0 Å². The maximum absolute atomic E-state index is 13.4. The third-order valence-corrected chi connectivity index (χ3v) is 3.12. The average Bonchev–Trinajstić information content (AvgIpc) is 2.80. The molecular weight excluding hydrogens is 255 g/mol. The number of hydrogen-bond donors (Lipinski definition) is 1. The van der Waals surface area contributed by atoms with E-state index in [0.29, 0.717) is 16.8 Å². The third kappa shape index (κ3) is 2.16. The second-order valence-electron chi connectivity index (χ2n) is 4.65. The van der Waals surface area contributed by atoms with Gasteiger partial charge in [0.15, 0.2) is 0 Å². The molecule has 3 rings (SSSR count). The highest BCUT2D eigenvalue weighted by atomic mass is 19.1. The molecule has 0 fully saturated rings. The van der Waals surface area contributed by atoms with Crippen molar-refractivity contribution in [3.8, 4) is 22.4 Å². The molecule has 0 radical (unpaired) electrons. The van der Waals surface area contributed by atoms with E-state index in [-0.39, 0.29) is 11.7 Å². The number of halogens is 1. The monoisotopic (exact) mass is 268 g/mol. The highest BCUT2D eigenvalue weighted by Gasteiger charge is 2.17. The van der Waals surface area contributed by atoms with E-state index in [0.717, 1.165) is 11.1 Å². The molecule has 0 atom stereocenters. The normalized spacial score (nSPS) is 10.7. The molecule has 0 saturated heterocycles. The molecule has 4 heteroatoms. The van der Waals surface area contributed by atoms with E-state index >= 15 is 0 Å². The summed E-state index contributed by atoms with van der Waals surface area (Å²) in [6.45, 7) is 2.00. The van der Waals surface area contributed by atoms with Crippen LogP contribution in [0.4, 0.5) is 10.3 Å². The molecule has 2 aromatic carbocycles. The van der Waals surface area contributed by atoms with Crippen molar-refractivity contribution in [2.24, 2.45) is 0 Å². The van der Waals surface area contributed by atoms with Gasteiger partial charge in [-0.2, -0.15) is 0 Å². The van der Waals surface area contributed by atoms with Crippen molar-refractivity contribution in [1.82, 2.24) is 5.16 Å². The van der Waals surface area contributed by atoms with Crippen molar-refractivity contribution in [3.63, 3.8) is 0 Å². The summed E-state index contributed by atoms with van der Waals surface area (Å²) in [5.41, 5.74) is 9.77. The van der Waals surface area contributed by atoms with Crippen molar-refractivity contribution in [2.75, 3.05) is 5.73 Å². The summed E-state index contributed by atoms with van der Waals surface area (Å²) in [5, 5.41) is 3.97. The lowest BCUT2D eigenvalue weighted by molar-refractivity contribution is 0.439. The van der Waals surface area contributed by atoms with Crippen LogP contribution in [0.5, 0.6) is 0 Å². The Bertz CT molecular complexity index is 765. The van der Waals surface area contributed by atoms with Gasteiger partial charge in [0, 0.05) is 5.56 Å². The molecule has 0 saturated carbocycles. The van der Waals surface area contributed by atoms with Gasteiger partial charge in [0.2, 0.25) is 5.88 Å². The minimum Gasteiger partial charge on any atom is -0.367 e. The van der Waals surface area contributed by atoms with Crippen LogP contribution in [0.3, 0.4) is 0 Å².